The van der Waals surface area contributed by atoms with Gasteiger partial charge in [0.2, 0.25) is 0 Å². The van der Waals surface area contributed by atoms with Gasteiger partial charge in [-0.05, 0) is 60.2 Å². The van der Waals surface area contributed by atoms with E-state index in [0.29, 0.717) is 40.3 Å². The number of hydrogen-bond donors (Lipinski definition) is 1. The minimum absolute atomic E-state index is 0.0725. The van der Waals surface area contributed by atoms with E-state index < -0.39 is 5.97 Å². The second-order valence-electron chi connectivity index (χ2n) is 9.35. The Morgan fingerprint density at radius 2 is 1.32 bits per heavy atom. The molecule has 0 aliphatic carbocycles. The maximum atomic E-state index is 14.4. The molecule has 0 aliphatic rings. The number of nitrogens with zero attached hydrogens (tertiary/aromatic N) is 3. The Kier molecular flexibility index (Phi) is 6.99. The normalized spacial score (nSPS) is 10.8. The van der Waals surface area contributed by atoms with E-state index in [2.05, 4.69) is 0 Å². The van der Waals surface area contributed by atoms with Gasteiger partial charge in [0, 0.05) is 16.8 Å². The van der Waals surface area contributed by atoms with Gasteiger partial charge in [0.1, 0.15) is 12.4 Å². The summed E-state index contributed by atoms with van der Waals surface area (Å²) in [6.07, 6.45) is 0. The van der Waals surface area contributed by atoms with Crippen LogP contribution in [0.2, 0.25) is 0 Å². The summed E-state index contributed by atoms with van der Waals surface area (Å²) in [5.74, 6) is -0.887. The number of benzene rings is 5. The first-order valence-corrected chi connectivity index (χ1v) is 13.1. The van der Waals surface area contributed by atoms with Crippen molar-refractivity contribution >= 4 is 34.2 Å². The van der Waals surface area contributed by atoms with Crippen LogP contribution in [-0.2, 0) is 6.61 Å². The number of carboxylic acids is 1. The monoisotopic (exact) mass is 539 g/mol. The highest BCUT2D eigenvalue weighted by Gasteiger charge is 2.27. The highest BCUT2D eigenvalue weighted by Crippen LogP contribution is 2.33. The first-order chi connectivity index (χ1) is 20.1. The molecule has 7 heteroatoms. The minimum atomic E-state index is -1.09. The minimum Gasteiger partial charge on any atom is -0.489 e. The summed E-state index contributed by atoms with van der Waals surface area (Å²) in [5, 5.41) is 15.2. The van der Waals surface area contributed by atoms with Crippen LogP contribution >= 0.6 is 0 Å². The second kappa shape index (κ2) is 11.2. The van der Waals surface area contributed by atoms with Crippen LogP contribution < -0.4 is 9.64 Å². The van der Waals surface area contributed by atoms with Crippen molar-refractivity contribution in [3.05, 3.63) is 150 Å². The molecule has 0 atom stereocenters. The van der Waals surface area contributed by atoms with E-state index in [9.17, 15) is 14.7 Å². The van der Waals surface area contributed by atoms with Crippen molar-refractivity contribution < 1.29 is 19.4 Å². The van der Waals surface area contributed by atoms with E-state index in [1.54, 1.807) is 41.3 Å². The molecule has 7 nitrogen and oxygen atoms in total. The summed E-state index contributed by atoms with van der Waals surface area (Å²) >= 11 is 0. The zero-order chi connectivity index (χ0) is 28.2. The molecule has 0 spiro atoms. The number of aromatic carboxylic acids is 1. The molecule has 5 aromatic carbocycles. The number of rotatable bonds is 8. The van der Waals surface area contributed by atoms with Gasteiger partial charge < -0.3 is 9.84 Å². The largest absolute Gasteiger partial charge is 0.489 e. The SMILES string of the molecule is O=C(O)c1ccccc1-n1nc(C(=O)N(c2ccccc2)c2ccccc2)c2cc(OCc3ccccc3)ccc21. The average molecular weight is 540 g/mol. The summed E-state index contributed by atoms with van der Waals surface area (Å²) in [6, 6.07) is 40.5. The van der Waals surface area contributed by atoms with Crippen molar-refractivity contribution in [1.82, 2.24) is 9.78 Å². The topological polar surface area (TPSA) is 84.7 Å². The fourth-order valence-electron chi connectivity index (χ4n) is 4.75. The predicted molar refractivity (Wildman–Crippen MR) is 158 cm³/mol. The van der Waals surface area contributed by atoms with Crippen molar-refractivity contribution in [2.45, 2.75) is 6.61 Å². The van der Waals surface area contributed by atoms with Crippen molar-refractivity contribution in [3.8, 4) is 11.4 Å². The molecule has 41 heavy (non-hydrogen) atoms. The Labute approximate surface area is 236 Å². The molecule has 0 fully saturated rings. The standard InChI is InChI=1S/C34H25N3O4/c38-33(36(25-14-6-2-7-15-25)26-16-8-3-9-17-26)32-29-22-27(41-23-24-12-4-1-5-13-24)20-21-31(29)37(35-32)30-19-11-10-18-28(30)34(39)40/h1-22H,23H2,(H,39,40). The highest BCUT2D eigenvalue weighted by molar-refractivity contribution is 6.16. The Hall–Kier alpha value is -5.69. The van der Waals surface area contributed by atoms with Crippen LogP contribution in [0, 0.1) is 0 Å². The zero-order valence-corrected chi connectivity index (χ0v) is 21.9. The molecular formula is C34H25N3O4. The number of ether oxygens (including phenoxy) is 1. The Balaban J connectivity index is 1.52. The van der Waals surface area contributed by atoms with Crippen LogP contribution in [0.15, 0.2) is 133 Å². The third kappa shape index (κ3) is 5.16. The quantitative estimate of drug-likeness (QED) is 0.220. The van der Waals surface area contributed by atoms with E-state index in [1.165, 1.54) is 10.7 Å². The number of carbonyl (C=O) groups is 2. The molecule has 0 aliphatic heterocycles. The number of anilines is 2. The van der Waals surface area contributed by atoms with E-state index in [1.807, 2.05) is 91.0 Å². The van der Waals surface area contributed by atoms with Gasteiger partial charge in [-0.2, -0.15) is 5.10 Å². The Morgan fingerprint density at radius 1 is 0.732 bits per heavy atom. The first-order valence-electron chi connectivity index (χ1n) is 13.1. The average Bonchev–Trinajstić information content (AvgIpc) is 3.40. The third-order valence-corrected chi connectivity index (χ3v) is 6.70. The third-order valence-electron chi connectivity index (χ3n) is 6.70. The van der Waals surface area contributed by atoms with E-state index in [0.717, 1.165) is 5.56 Å². The summed E-state index contributed by atoms with van der Waals surface area (Å²) in [7, 11) is 0. The van der Waals surface area contributed by atoms with Crippen molar-refractivity contribution in [1.29, 1.82) is 0 Å². The number of para-hydroxylation sites is 3. The predicted octanol–water partition coefficient (Wildman–Crippen LogP) is 7.28. The number of carbonyl (C=O) groups excluding carboxylic acids is 1. The molecule has 1 amide bonds. The van der Waals surface area contributed by atoms with E-state index in [4.69, 9.17) is 9.84 Å². The molecule has 6 rings (SSSR count). The van der Waals surface area contributed by atoms with Gasteiger partial charge in [-0.25, -0.2) is 9.48 Å². The van der Waals surface area contributed by atoms with Crippen molar-refractivity contribution in [3.63, 3.8) is 0 Å². The fourth-order valence-corrected chi connectivity index (χ4v) is 4.75. The summed E-state index contributed by atoms with van der Waals surface area (Å²) < 4.78 is 7.60. The van der Waals surface area contributed by atoms with Gasteiger partial charge in [-0.1, -0.05) is 78.9 Å². The molecule has 1 N–H and O–H groups in total. The molecule has 0 bridgehead atoms. The molecule has 0 saturated heterocycles. The lowest BCUT2D eigenvalue weighted by Crippen LogP contribution is -2.26. The number of aromatic nitrogens is 2. The fraction of sp³-hybridized carbons (Fsp3) is 0.0294. The first kappa shape index (κ1) is 25.6. The second-order valence-corrected chi connectivity index (χ2v) is 9.35. The number of carboxylic acid groups (broad SMARTS) is 1. The lowest BCUT2D eigenvalue weighted by molar-refractivity contribution is 0.0696. The van der Waals surface area contributed by atoms with Gasteiger partial charge in [0.05, 0.1) is 16.8 Å². The van der Waals surface area contributed by atoms with Crippen LogP contribution in [0.4, 0.5) is 11.4 Å². The molecular weight excluding hydrogens is 514 g/mol. The van der Waals surface area contributed by atoms with Gasteiger partial charge >= 0.3 is 5.97 Å². The number of fused-ring (bicyclic) bond motifs is 1. The Bertz CT molecular complexity index is 1800. The molecule has 0 saturated carbocycles. The van der Waals surface area contributed by atoms with E-state index >= 15 is 0 Å². The number of amides is 1. The van der Waals surface area contributed by atoms with E-state index in [-0.39, 0.29) is 17.2 Å². The molecule has 1 heterocycles. The lowest BCUT2D eigenvalue weighted by Gasteiger charge is -2.22. The molecule has 0 unspecified atom stereocenters. The lowest BCUT2D eigenvalue weighted by atomic mass is 10.1. The molecule has 1 aromatic heterocycles. The summed E-state index contributed by atoms with van der Waals surface area (Å²) in [4.78, 5) is 28.1. The molecule has 6 aromatic rings. The van der Waals surface area contributed by atoms with Crippen LogP contribution in [0.1, 0.15) is 26.4 Å². The maximum Gasteiger partial charge on any atom is 0.337 e. The van der Waals surface area contributed by atoms with Crippen LogP contribution in [-0.4, -0.2) is 26.8 Å². The van der Waals surface area contributed by atoms with Gasteiger partial charge in [-0.3, -0.25) is 9.69 Å². The van der Waals surface area contributed by atoms with Gasteiger partial charge in [0.25, 0.3) is 5.91 Å². The van der Waals surface area contributed by atoms with Crippen molar-refractivity contribution in [2.75, 3.05) is 4.90 Å². The smallest absolute Gasteiger partial charge is 0.337 e. The van der Waals surface area contributed by atoms with Gasteiger partial charge in [0.15, 0.2) is 5.69 Å². The van der Waals surface area contributed by atoms with Crippen molar-refractivity contribution in [2.24, 2.45) is 0 Å². The Morgan fingerprint density at radius 3 is 1.95 bits per heavy atom. The van der Waals surface area contributed by atoms with Crippen LogP contribution in [0.3, 0.4) is 0 Å². The molecule has 0 radical (unpaired) electrons. The van der Waals surface area contributed by atoms with Crippen LogP contribution in [0.5, 0.6) is 5.75 Å². The maximum absolute atomic E-state index is 14.4. The molecule has 200 valence electrons. The van der Waals surface area contributed by atoms with Gasteiger partial charge in [-0.15, -0.1) is 0 Å². The highest BCUT2D eigenvalue weighted by atomic mass is 16.5. The van der Waals surface area contributed by atoms with Crippen LogP contribution in [0.25, 0.3) is 16.6 Å². The zero-order valence-electron chi connectivity index (χ0n) is 21.9. The summed E-state index contributed by atoms with van der Waals surface area (Å²) in [5.41, 5.74) is 3.53. The number of hydrogen-bond acceptors (Lipinski definition) is 4. The summed E-state index contributed by atoms with van der Waals surface area (Å²) in [6.45, 7) is 0.353.